The molecule has 5 heteroatoms. The van der Waals surface area contributed by atoms with Crippen LogP contribution in [-0.2, 0) is 0 Å². The van der Waals surface area contributed by atoms with Gasteiger partial charge in [0.15, 0.2) is 0 Å². The lowest BCUT2D eigenvalue weighted by Gasteiger charge is -2.15. The van der Waals surface area contributed by atoms with Crippen LogP contribution in [0.4, 0.5) is 0 Å². The van der Waals surface area contributed by atoms with Crippen molar-refractivity contribution in [1.82, 2.24) is 0 Å². The van der Waals surface area contributed by atoms with Crippen molar-refractivity contribution in [3.05, 3.63) is 62.0 Å². The minimum Gasteiger partial charge on any atom is -0.492 e. The van der Waals surface area contributed by atoms with Crippen LogP contribution in [0.1, 0.15) is 29.8 Å². The number of hydrogen-bond donors (Lipinski definition) is 0. The summed E-state index contributed by atoms with van der Waals surface area (Å²) in [5.74, 6) is 0.807. The number of ether oxygens (including phenoxy) is 1. The van der Waals surface area contributed by atoms with Crippen molar-refractivity contribution in [3.63, 3.8) is 0 Å². The van der Waals surface area contributed by atoms with Gasteiger partial charge in [-0.3, -0.25) is 0 Å². The zero-order valence-corrected chi connectivity index (χ0v) is 15.2. The van der Waals surface area contributed by atoms with Gasteiger partial charge in [0.1, 0.15) is 5.75 Å². The lowest BCUT2D eigenvalue weighted by molar-refractivity contribution is 0.315. The Morgan fingerprint density at radius 3 is 2.57 bits per heavy atom. The second-order valence-corrected chi connectivity index (χ2v) is 6.70. The summed E-state index contributed by atoms with van der Waals surface area (Å²) in [5, 5.41) is 0.844. The Kier molecular flexibility index (Phi) is 6.24. The molecule has 0 aliphatic carbocycles. The van der Waals surface area contributed by atoms with E-state index in [0.29, 0.717) is 16.7 Å². The Morgan fingerprint density at radius 1 is 1.14 bits per heavy atom. The highest BCUT2D eigenvalue weighted by molar-refractivity contribution is 9.10. The lowest BCUT2D eigenvalue weighted by Crippen LogP contribution is -1.98. The van der Waals surface area contributed by atoms with Crippen LogP contribution in [0.5, 0.6) is 5.75 Å². The fraction of sp³-hybridized carbons (Fsp3) is 0.250. The predicted molar refractivity (Wildman–Crippen MR) is 94.1 cm³/mol. The summed E-state index contributed by atoms with van der Waals surface area (Å²) in [6.07, 6.45) is 0.963. The molecule has 0 saturated heterocycles. The van der Waals surface area contributed by atoms with Crippen LogP contribution in [0.25, 0.3) is 0 Å². The second-order valence-electron chi connectivity index (χ2n) is 4.57. The Bertz CT molecular complexity index is 631. The molecule has 1 unspecified atom stereocenters. The number of halogens is 4. The summed E-state index contributed by atoms with van der Waals surface area (Å²) in [4.78, 5) is 0. The molecular formula is C16H14BrCl3O. The van der Waals surface area contributed by atoms with E-state index in [1.807, 2.05) is 18.2 Å². The SMILES string of the molecule is CCCOc1ccc(C(Cl)c2cc(Cl)ccc2Cl)cc1Br. The first-order valence-electron chi connectivity index (χ1n) is 6.54. The maximum Gasteiger partial charge on any atom is 0.133 e. The van der Waals surface area contributed by atoms with E-state index >= 15 is 0 Å². The van der Waals surface area contributed by atoms with Crippen molar-refractivity contribution in [2.75, 3.05) is 6.61 Å². The van der Waals surface area contributed by atoms with E-state index in [2.05, 4.69) is 22.9 Å². The van der Waals surface area contributed by atoms with E-state index in [0.717, 1.165) is 27.8 Å². The number of alkyl halides is 1. The Morgan fingerprint density at radius 2 is 1.90 bits per heavy atom. The maximum atomic E-state index is 6.53. The Balaban J connectivity index is 2.29. The van der Waals surface area contributed by atoms with Crippen molar-refractivity contribution in [1.29, 1.82) is 0 Å². The van der Waals surface area contributed by atoms with Gasteiger partial charge in [0.2, 0.25) is 0 Å². The standard InChI is InChI=1S/C16H14BrCl3O/c1-2-7-21-15-6-3-10(8-13(15)17)16(20)12-9-11(18)4-5-14(12)19/h3-6,8-9,16H,2,7H2,1H3. The highest BCUT2D eigenvalue weighted by Crippen LogP contribution is 2.38. The fourth-order valence-corrected chi connectivity index (χ4v) is 3.18. The molecule has 2 aromatic carbocycles. The second kappa shape index (κ2) is 7.73. The molecule has 0 saturated carbocycles. The summed E-state index contributed by atoms with van der Waals surface area (Å²) in [6.45, 7) is 2.75. The largest absolute Gasteiger partial charge is 0.492 e. The van der Waals surface area contributed by atoms with Crippen LogP contribution in [0.15, 0.2) is 40.9 Å². The lowest BCUT2D eigenvalue weighted by atomic mass is 10.0. The summed E-state index contributed by atoms with van der Waals surface area (Å²) in [7, 11) is 0. The van der Waals surface area contributed by atoms with Crippen molar-refractivity contribution in [2.24, 2.45) is 0 Å². The first-order valence-corrected chi connectivity index (χ1v) is 8.52. The molecule has 0 bridgehead atoms. The molecule has 0 radical (unpaired) electrons. The molecule has 21 heavy (non-hydrogen) atoms. The van der Waals surface area contributed by atoms with Gasteiger partial charge in [-0.05, 0) is 63.8 Å². The van der Waals surface area contributed by atoms with Crippen LogP contribution >= 0.6 is 50.7 Å². The van der Waals surface area contributed by atoms with Crippen LogP contribution in [0, 0.1) is 0 Å². The predicted octanol–water partition coefficient (Wildman–Crippen LogP) is 6.87. The Hall–Kier alpha value is -0.410. The van der Waals surface area contributed by atoms with Crippen molar-refractivity contribution in [3.8, 4) is 5.75 Å². The van der Waals surface area contributed by atoms with Gasteiger partial charge in [0, 0.05) is 10.0 Å². The summed E-state index contributed by atoms with van der Waals surface area (Å²) < 4.78 is 6.50. The zero-order chi connectivity index (χ0) is 15.4. The summed E-state index contributed by atoms with van der Waals surface area (Å²) >= 11 is 22.3. The van der Waals surface area contributed by atoms with Crippen molar-refractivity contribution < 1.29 is 4.74 Å². The molecule has 0 spiro atoms. The zero-order valence-electron chi connectivity index (χ0n) is 11.4. The van der Waals surface area contributed by atoms with Crippen LogP contribution < -0.4 is 4.74 Å². The first kappa shape index (κ1) is 17.0. The van der Waals surface area contributed by atoms with E-state index in [1.54, 1.807) is 18.2 Å². The molecule has 0 aromatic heterocycles. The molecule has 2 aromatic rings. The summed E-state index contributed by atoms with van der Waals surface area (Å²) in [5.41, 5.74) is 1.72. The third-order valence-corrected chi connectivity index (χ3v) is 4.63. The minimum atomic E-state index is -0.368. The molecule has 0 heterocycles. The third kappa shape index (κ3) is 4.29. The maximum absolute atomic E-state index is 6.53. The topological polar surface area (TPSA) is 9.23 Å². The average Bonchev–Trinajstić information content (AvgIpc) is 2.47. The van der Waals surface area contributed by atoms with E-state index in [-0.39, 0.29) is 5.38 Å². The monoisotopic (exact) mass is 406 g/mol. The van der Waals surface area contributed by atoms with E-state index in [4.69, 9.17) is 39.5 Å². The molecule has 112 valence electrons. The quantitative estimate of drug-likeness (QED) is 0.490. The van der Waals surface area contributed by atoms with Gasteiger partial charge in [-0.1, -0.05) is 36.2 Å². The van der Waals surface area contributed by atoms with Crippen molar-refractivity contribution in [2.45, 2.75) is 18.7 Å². The summed E-state index contributed by atoms with van der Waals surface area (Å²) in [6, 6.07) is 11.1. The van der Waals surface area contributed by atoms with Gasteiger partial charge in [-0.15, -0.1) is 11.6 Å². The molecular weight excluding hydrogens is 394 g/mol. The molecule has 1 atom stereocenters. The number of rotatable bonds is 5. The Labute approximate surface area is 148 Å². The normalized spacial score (nSPS) is 12.2. The van der Waals surface area contributed by atoms with Gasteiger partial charge < -0.3 is 4.74 Å². The smallest absolute Gasteiger partial charge is 0.133 e. The molecule has 0 aliphatic heterocycles. The number of benzene rings is 2. The van der Waals surface area contributed by atoms with Gasteiger partial charge in [0.25, 0.3) is 0 Å². The van der Waals surface area contributed by atoms with Gasteiger partial charge >= 0.3 is 0 Å². The van der Waals surface area contributed by atoms with Crippen molar-refractivity contribution >= 4 is 50.7 Å². The van der Waals surface area contributed by atoms with Gasteiger partial charge in [-0.2, -0.15) is 0 Å². The van der Waals surface area contributed by atoms with Gasteiger partial charge in [0.05, 0.1) is 16.5 Å². The molecule has 2 rings (SSSR count). The molecule has 0 fully saturated rings. The van der Waals surface area contributed by atoms with E-state index < -0.39 is 0 Å². The minimum absolute atomic E-state index is 0.368. The molecule has 0 aliphatic rings. The molecule has 0 amide bonds. The number of hydrogen-bond acceptors (Lipinski definition) is 1. The average molecular weight is 409 g/mol. The fourth-order valence-electron chi connectivity index (χ4n) is 1.89. The highest BCUT2D eigenvalue weighted by Gasteiger charge is 2.16. The highest BCUT2D eigenvalue weighted by atomic mass is 79.9. The third-order valence-electron chi connectivity index (χ3n) is 2.94. The van der Waals surface area contributed by atoms with Crippen LogP contribution in [0.2, 0.25) is 10.0 Å². The molecule has 1 nitrogen and oxygen atoms in total. The molecule has 0 N–H and O–H groups in total. The van der Waals surface area contributed by atoms with Crippen LogP contribution in [-0.4, -0.2) is 6.61 Å². The first-order chi connectivity index (χ1) is 10.0. The van der Waals surface area contributed by atoms with E-state index in [9.17, 15) is 0 Å². The van der Waals surface area contributed by atoms with Gasteiger partial charge in [-0.25, -0.2) is 0 Å². The van der Waals surface area contributed by atoms with Crippen LogP contribution in [0.3, 0.4) is 0 Å². The van der Waals surface area contributed by atoms with E-state index in [1.165, 1.54) is 0 Å².